The van der Waals surface area contributed by atoms with Crippen LogP contribution >= 0.6 is 11.8 Å². The highest BCUT2D eigenvalue weighted by Crippen LogP contribution is 2.24. The van der Waals surface area contributed by atoms with E-state index in [0.29, 0.717) is 22.8 Å². The molecule has 1 heterocycles. The van der Waals surface area contributed by atoms with Crippen molar-refractivity contribution in [2.75, 3.05) is 11.1 Å². The van der Waals surface area contributed by atoms with Crippen LogP contribution in [0.25, 0.3) is 5.69 Å². The van der Waals surface area contributed by atoms with E-state index in [1.165, 1.54) is 11.8 Å². The molecule has 2 amide bonds. The van der Waals surface area contributed by atoms with Crippen molar-refractivity contribution in [3.05, 3.63) is 102 Å². The van der Waals surface area contributed by atoms with Gasteiger partial charge in [0.25, 0.3) is 5.91 Å². The molecule has 0 saturated heterocycles. The summed E-state index contributed by atoms with van der Waals surface area (Å²) in [5.74, 6) is 0.460. The maximum absolute atomic E-state index is 12.8. The minimum atomic E-state index is -0.230. The monoisotopic (exact) mass is 485 g/mol. The topological polar surface area (TPSA) is 88.9 Å². The lowest BCUT2D eigenvalue weighted by molar-refractivity contribution is -0.113. The smallest absolute Gasteiger partial charge is 0.253 e. The molecule has 0 aliphatic carbocycles. The number of amides is 2. The summed E-state index contributed by atoms with van der Waals surface area (Å²) in [5, 5.41) is 15.2. The summed E-state index contributed by atoms with van der Waals surface area (Å²) < 4.78 is 1.98. The Morgan fingerprint density at radius 1 is 0.886 bits per heavy atom. The molecule has 0 saturated carbocycles. The van der Waals surface area contributed by atoms with E-state index in [4.69, 9.17) is 0 Å². The fourth-order valence-electron chi connectivity index (χ4n) is 3.57. The van der Waals surface area contributed by atoms with Gasteiger partial charge in [-0.2, -0.15) is 0 Å². The van der Waals surface area contributed by atoms with E-state index in [1.54, 1.807) is 24.3 Å². The molecule has 0 aliphatic heterocycles. The van der Waals surface area contributed by atoms with Gasteiger partial charge in [-0.05, 0) is 43.7 Å². The largest absolute Gasteiger partial charge is 0.350 e. The van der Waals surface area contributed by atoms with E-state index in [-0.39, 0.29) is 23.6 Å². The molecule has 8 heteroatoms. The van der Waals surface area contributed by atoms with Gasteiger partial charge >= 0.3 is 0 Å². The van der Waals surface area contributed by atoms with Crippen molar-refractivity contribution >= 4 is 29.3 Å². The number of anilines is 1. The van der Waals surface area contributed by atoms with Gasteiger partial charge in [0.05, 0.1) is 17.0 Å². The van der Waals surface area contributed by atoms with Crippen LogP contribution < -0.4 is 10.6 Å². The SMILES string of the molecule is CC(C)NC(=O)c1ccccc1NC(=O)CSc1nnc(Cc2ccccc2)n1-c1ccccc1. The second kappa shape index (κ2) is 11.5. The Kier molecular flexibility index (Phi) is 7.95. The summed E-state index contributed by atoms with van der Waals surface area (Å²) in [7, 11) is 0. The van der Waals surface area contributed by atoms with Crippen molar-refractivity contribution < 1.29 is 9.59 Å². The fraction of sp³-hybridized carbons (Fsp3) is 0.185. The van der Waals surface area contributed by atoms with Crippen molar-refractivity contribution in [3.63, 3.8) is 0 Å². The fourth-order valence-corrected chi connectivity index (χ4v) is 4.34. The van der Waals surface area contributed by atoms with Crippen LogP contribution in [0.15, 0.2) is 90.1 Å². The number of nitrogens with one attached hydrogen (secondary N) is 2. The zero-order valence-electron chi connectivity index (χ0n) is 19.6. The third-order valence-corrected chi connectivity index (χ3v) is 6.05. The van der Waals surface area contributed by atoms with Crippen LogP contribution in [0.4, 0.5) is 5.69 Å². The molecular weight excluding hydrogens is 458 g/mol. The van der Waals surface area contributed by atoms with Crippen LogP contribution in [-0.4, -0.2) is 38.4 Å². The quantitative estimate of drug-likeness (QED) is 0.335. The standard InChI is InChI=1S/C27H27N5O2S/c1-19(2)28-26(34)22-15-9-10-16-23(22)29-25(33)18-35-27-31-30-24(17-20-11-5-3-6-12-20)32(27)21-13-7-4-8-14-21/h3-16,19H,17-18H2,1-2H3,(H,28,34)(H,29,33). The molecule has 3 aromatic carbocycles. The molecule has 4 rings (SSSR count). The van der Waals surface area contributed by atoms with Gasteiger partial charge in [-0.1, -0.05) is 72.4 Å². The predicted molar refractivity (Wildman–Crippen MR) is 139 cm³/mol. The van der Waals surface area contributed by atoms with E-state index in [2.05, 4.69) is 33.0 Å². The number of thioether (sulfide) groups is 1. The molecule has 2 N–H and O–H groups in total. The van der Waals surface area contributed by atoms with Gasteiger partial charge in [-0.25, -0.2) is 0 Å². The Balaban J connectivity index is 1.50. The number of hydrogen-bond donors (Lipinski definition) is 2. The van der Waals surface area contributed by atoms with Gasteiger partial charge in [0, 0.05) is 18.2 Å². The minimum Gasteiger partial charge on any atom is -0.350 e. The highest BCUT2D eigenvalue weighted by atomic mass is 32.2. The minimum absolute atomic E-state index is 0.00348. The maximum Gasteiger partial charge on any atom is 0.253 e. The van der Waals surface area contributed by atoms with Crippen LogP contribution in [0.3, 0.4) is 0 Å². The summed E-state index contributed by atoms with van der Waals surface area (Å²) >= 11 is 1.30. The number of rotatable bonds is 9. The lowest BCUT2D eigenvalue weighted by Crippen LogP contribution is -2.31. The van der Waals surface area contributed by atoms with E-state index in [9.17, 15) is 9.59 Å². The summed E-state index contributed by atoms with van der Waals surface area (Å²) in [4.78, 5) is 25.3. The van der Waals surface area contributed by atoms with Crippen molar-refractivity contribution in [2.24, 2.45) is 0 Å². The highest BCUT2D eigenvalue weighted by molar-refractivity contribution is 7.99. The number of carbonyl (C=O) groups is 2. The molecule has 0 unspecified atom stereocenters. The van der Waals surface area contributed by atoms with Gasteiger partial charge < -0.3 is 10.6 Å². The van der Waals surface area contributed by atoms with E-state index in [1.807, 2.05) is 66.9 Å². The molecule has 178 valence electrons. The van der Waals surface area contributed by atoms with Crippen LogP contribution in [0.5, 0.6) is 0 Å². The Hall–Kier alpha value is -3.91. The third kappa shape index (κ3) is 6.36. The molecule has 35 heavy (non-hydrogen) atoms. The van der Waals surface area contributed by atoms with Gasteiger partial charge in [0.2, 0.25) is 5.91 Å². The Morgan fingerprint density at radius 3 is 2.26 bits per heavy atom. The first kappa shape index (κ1) is 24.2. The van der Waals surface area contributed by atoms with Crippen LogP contribution in [0.2, 0.25) is 0 Å². The second-order valence-electron chi connectivity index (χ2n) is 8.24. The molecule has 0 bridgehead atoms. The number of nitrogens with zero attached hydrogens (tertiary/aromatic N) is 3. The summed E-state index contributed by atoms with van der Waals surface area (Å²) in [6.07, 6.45) is 0.619. The normalized spacial score (nSPS) is 10.8. The Labute approximate surface area is 209 Å². The first-order valence-corrected chi connectivity index (χ1v) is 12.4. The number of benzene rings is 3. The average Bonchev–Trinajstić information content (AvgIpc) is 3.26. The predicted octanol–water partition coefficient (Wildman–Crippen LogP) is 4.73. The maximum atomic E-state index is 12.8. The van der Waals surface area contributed by atoms with Crippen molar-refractivity contribution in [1.82, 2.24) is 20.1 Å². The van der Waals surface area contributed by atoms with E-state index < -0.39 is 0 Å². The number of hydrogen-bond acceptors (Lipinski definition) is 5. The Bertz CT molecular complexity index is 1290. The molecule has 1 aromatic heterocycles. The van der Waals surface area contributed by atoms with Crippen LogP contribution in [0.1, 0.15) is 35.6 Å². The Morgan fingerprint density at radius 2 is 1.54 bits per heavy atom. The van der Waals surface area contributed by atoms with Crippen molar-refractivity contribution in [3.8, 4) is 5.69 Å². The molecule has 0 radical (unpaired) electrons. The molecule has 0 spiro atoms. The zero-order valence-corrected chi connectivity index (χ0v) is 20.5. The van der Waals surface area contributed by atoms with Gasteiger partial charge in [-0.3, -0.25) is 14.2 Å². The zero-order chi connectivity index (χ0) is 24.6. The molecular formula is C27H27N5O2S. The van der Waals surface area contributed by atoms with Gasteiger partial charge in [-0.15, -0.1) is 10.2 Å². The first-order chi connectivity index (χ1) is 17.0. The van der Waals surface area contributed by atoms with E-state index in [0.717, 1.165) is 17.1 Å². The average molecular weight is 486 g/mol. The van der Waals surface area contributed by atoms with Crippen molar-refractivity contribution in [2.45, 2.75) is 31.5 Å². The molecule has 4 aromatic rings. The highest BCUT2D eigenvalue weighted by Gasteiger charge is 2.18. The molecule has 0 fully saturated rings. The molecule has 0 atom stereocenters. The molecule has 7 nitrogen and oxygen atoms in total. The second-order valence-corrected chi connectivity index (χ2v) is 9.19. The number of carbonyl (C=O) groups excluding carboxylic acids is 2. The van der Waals surface area contributed by atoms with Gasteiger partial charge in [0.15, 0.2) is 5.16 Å². The van der Waals surface area contributed by atoms with Gasteiger partial charge in [0.1, 0.15) is 5.82 Å². The number of aromatic nitrogens is 3. The lowest BCUT2D eigenvalue weighted by Gasteiger charge is -2.13. The molecule has 0 aliphatic rings. The van der Waals surface area contributed by atoms with Crippen LogP contribution in [0, 0.1) is 0 Å². The summed E-state index contributed by atoms with van der Waals surface area (Å²) in [5.41, 5.74) is 2.97. The summed E-state index contributed by atoms with van der Waals surface area (Å²) in [6.45, 7) is 3.79. The number of para-hydroxylation sites is 2. The summed E-state index contributed by atoms with van der Waals surface area (Å²) in [6, 6.07) is 26.9. The van der Waals surface area contributed by atoms with E-state index >= 15 is 0 Å². The first-order valence-electron chi connectivity index (χ1n) is 11.4. The van der Waals surface area contributed by atoms with Crippen LogP contribution in [-0.2, 0) is 11.2 Å². The third-order valence-electron chi connectivity index (χ3n) is 5.12. The van der Waals surface area contributed by atoms with Crippen molar-refractivity contribution in [1.29, 1.82) is 0 Å². The lowest BCUT2D eigenvalue weighted by atomic mass is 10.1.